The van der Waals surface area contributed by atoms with Gasteiger partial charge in [0.25, 0.3) is 0 Å². The molecule has 18 heavy (non-hydrogen) atoms. The molecule has 1 atom stereocenters. The Morgan fingerprint density at radius 3 is 3.11 bits per heavy atom. The summed E-state index contributed by atoms with van der Waals surface area (Å²) in [6.07, 6.45) is 3.43. The van der Waals surface area contributed by atoms with Crippen molar-refractivity contribution >= 4 is 16.7 Å². The Hall–Kier alpha value is -1.69. The van der Waals surface area contributed by atoms with Crippen molar-refractivity contribution in [2.24, 2.45) is 0 Å². The minimum Gasteiger partial charge on any atom is -0.396 e. The summed E-state index contributed by atoms with van der Waals surface area (Å²) < 4.78 is 20.8. The van der Waals surface area contributed by atoms with E-state index in [0.717, 1.165) is 19.4 Å². The van der Waals surface area contributed by atoms with E-state index in [1.165, 1.54) is 18.6 Å². The number of hydrogen-bond donors (Lipinski definition) is 1. The van der Waals surface area contributed by atoms with Crippen LogP contribution in [0.4, 0.5) is 10.1 Å². The van der Waals surface area contributed by atoms with Gasteiger partial charge >= 0.3 is 0 Å². The van der Waals surface area contributed by atoms with Crippen molar-refractivity contribution in [3.63, 3.8) is 0 Å². The van der Waals surface area contributed by atoms with Crippen molar-refractivity contribution in [1.29, 1.82) is 0 Å². The van der Waals surface area contributed by atoms with E-state index in [1.54, 1.807) is 4.68 Å². The van der Waals surface area contributed by atoms with Gasteiger partial charge in [0.2, 0.25) is 0 Å². The van der Waals surface area contributed by atoms with Gasteiger partial charge in [-0.05, 0) is 25.3 Å². The van der Waals surface area contributed by atoms with E-state index in [2.05, 4.69) is 10.3 Å². The molecule has 0 aliphatic carbocycles. The summed E-state index contributed by atoms with van der Waals surface area (Å²) in [6.45, 7) is 1.40. The minimum absolute atomic E-state index is 0.100. The monoisotopic (exact) mass is 250 g/mol. The smallest absolute Gasteiger partial charge is 0.148 e. The number of aromatic nitrogens is 3. The molecular weight excluding hydrogens is 235 g/mol. The van der Waals surface area contributed by atoms with Gasteiger partial charge in [-0.1, -0.05) is 5.21 Å². The SMILES string of the molecule is Nc1cc2nnn(CC3CCCCO3)c2cc1F. The zero-order valence-electron chi connectivity index (χ0n) is 9.97. The molecular formula is C12H15FN4O. The van der Waals surface area contributed by atoms with Gasteiger partial charge in [-0.2, -0.15) is 0 Å². The first-order valence-corrected chi connectivity index (χ1v) is 6.14. The Morgan fingerprint density at radius 1 is 1.44 bits per heavy atom. The van der Waals surface area contributed by atoms with Crippen LogP contribution >= 0.6 is 0 Å². The molecule has 0 bridgehead atoms. The predicted molar refractivity (Wildman–Crippen MR) is 65.5 cm³/mol. The second kappa shape index (κ2) is 4.53. The van der Waals surface area contributed by atoms with Crippen molar-refractivity contribution in [2.45, 2.75) is 31.9 Å². The quantitative estimate of drug-likeness (QED) is 0.824. The summed E-state index contributed by atoms with van der Waals surface area (Å²) in [7, 11) is 0. The van der Waals surface area contributed by atoms with E-state index in [0.29, 0.717) is 17.6 Å². The van der Waals surface area contributed by atoms with Crippen LogP contribution in [0, 0.1) is 5.82 Å². The van der Waals surface area contributed by atoms with Crippen LogP contribution in [-0.4, -0.2) is 27.7 Å². The molecule has 0 amide bonds. The lowest BCUT2D eigenvalue weighted by molar-refractivity contribution is 0.00442. The molecule has 2 heterocycles. The van der Waals surface area contributed by atoms with Crippen LogP contribution in [-0.2, 0) is 11.3 Å². The van der Waals surface area contributed by atoms with Crippen LogP contribution in [0.5, 0.6) is 0 Å². The second-order valence-electron chi connectivity index (χ2n) is 4.62. The van der Waals surface area contributed by atoms with E-state index in [-0.39, 0.29) is 11.8 Å². The lowest BCUT2D eigenvalue weighted by Crippen LogP contribution is -2.25. The molecule has 1 aliphatic heterocycles. The number of nitrogens with two attached hydrogens (primary N) is 1. The van der Waals surface area contributed by atoms with Crippen molar-refractivity contribution in [3.05, 3.63) is 17.9 Å². The van der Waals surface area contributed by atoms with Gasteiger partial charge < -0.3 is 10.5 Å². The third-order valence-electron chi connectivity index (χ3n) is 3.28. The van der Waals surface area contributed by atoms with E-state index in [1.807, 2.05) is 0 Å². The van der Waals surface area contributed by atoms with Crippen LogP contribution in [0.25, 0.3) is 11.0 Å². The zero-order valence-corrected chi connectivity index (χ0v) is 9.97. The highest BCUT2D eigenvalue weighted by Gasteiger charge is 2.17. The molecule has 5 nitrogen and oxygen atoms in total. The molecule has 0 spiro atoms. The van der Waals surface area contributed by atoms with Crippen molar-refractivity contribution in [1.82, 2.24) is 15.0 Å². The number of anilines is 1. The summed E-state index contributed by atoms with van der Waals surface area (Å²) in [5.41, 5.74) is 6.88. The molecule has 1 aliphatic rings. The highest BCUT2D eigenvalue weighted by Crippen LogP contribution is 2.21. The summed E-state index contributed by atoms with van der Waals surface area (Å²) in [5, 5.41) is 8.03. The minimum atomic E-state index is -0.435. The van der Waals surface area contributed by atoms with Crippen LogP contribution in [0.15, 0.2) is 12.1 Å². The topological polar surface area (TPSA) is 66.0 Å². The molecule has 1 fully saturated rings. The van der Waals surface area contributed by atoms with Gasteiger partial charge in [-0.15, -0.1) is 5.10 Å². The number of ether oxygens (including phenoxy) is 1. The van der Waals surface area contributed by atoms with Gasteiger partial charge in [0, 0.05) is 12.7 Å². The molecule has 96 valence electrons. The van der Waals surface area contributed by atoms with Gasteiger partial charge in [-0.3, -0.25) is 0 Å². The van der Waals surface area contributed by atoms with Gasteiger partial charge in [0.05, 0.1) is 23.9 Å². The molecule has 1 unspecified atom stereocenters. The second-order valence-corrected chi connectivity index (χ2v) is 4.62. The van der Waals surface area contributed by atoms with Crippen molar-refractivity contribution in [2.75, 3.05) is 12.3 Å². The molecule has 1 aromatic heterocycles. The fraction of sp³-hybridized carbons (Fsp3) is 0.500. The number of benzene rings is 1. The van der Waals surface area contributed by atoms with Crippen LogP contribution in [0.2, 0.25) is 0 Å². The fourth-order valence-corrected chi connectivity index (χ4v) is 2.28. The number of rotatable bonds is 2. The van der Waals surface area contributed by atoms with Gasteiger partial charge in [0.1, 0.15) is 11.3 Å². The number of halogens is 1. The molecule has 2 aromatic rings. The first kappa shape index (κ1) is 11.4. The van der Waals surface area contributed by atoms with Crippen LogP contribution < -0.4 is 5.73 Å². The maximum Gasteiger partial charge on any atom is 0.148 e. The largest absolute Gasteiger partial charge is 0.396 e. The summed E-state index contributed by atoms with van der Waals surface area (Å²) in [5.74, 6) is -0.435. The number of fused-ring (bicyclic) bond motifs is 1. The lowest BCUT2D eigenvalue weighted by atomic mass is 10.1. The lowest BCUT2D eigenvalue weighted by Gasteiger charge is -2.22. The summed E-state index contributed by atoms with van der Waals surface area (Å²) in [4.78, 5) is 0. The number of nitrogen functional groups attached to an aromatic ring is 1. The van der Waals surface area contributed by atoms with Crippen LogP contribution in [0.3, 0.4) is 0 Å². The number of nitrogens with zero attached hydrogens (tertiary/aromatic N) is 3. The van der Waals surface area contributed by atoms with Gasteiger partial charge in [0.15, 0.2) is 0 Å². The number of hydrogen-bond acceptors (Lipinski definition) is 4. The normalized spacial score (nSPS) is 20.4. The molecule has 6 heteroatoms. The molecule has 1 saturated heterocycles. The van der Waals surface area contributed by atoms with Crippen molar-refractivity contribution < 1.29 is 9.13 Å². The Bertz CT molecular complexity index is 562. The predicted octanol–water partition coefficient (Wildman–Crippen LogP) is 1.72. The summed E-state index contributed by atoms with van der Waals surface area (Å²) >= 11 is 0. The third kappa shape index (κ3) is 2.03. The summed E-state index contributed by atoms with van der Waals surface area (Å²) in [6, 6.07) is 2.89. The standard InChI is InChI=1S/C12H15FN4O/c13-9-5-12-11(6-10(9)14)15-16-17(12)7-8-3-1-2-4-18-8/h5-6,8H,1-4,7,14H2. The van der Waals surface area contributed by atoms with Crippen LogP contribution in [0.1, 0.15) is 19.3 Å². The Balaban J connectivity index is 1.89. The average molecular weight is 250 g/mol. The molecule has 1 aromatic carbocycles. The molecule has 2 N–H and O–H groups in total. The van der Waals surface area contributed by atoms with E-state index in [9.17, 15) is 4.39 Å². The highest BCUT2D eigenvalue weighted by molar-refractivity contribution is 5.78. The van der Waals surface area contributed by atoms with E-state index < -0.39 is 5.82 Å². The molecule has 0 saturated carbocycles. The molecule has 3 rings (SSSR count). The highest BCUT2D eigenvalue weighted by atomic mass is 19.1. The van der Waals surface area contributed by atoms with E-state index >= 15 is 0 Å². The van der Waals surface area contributed by atoms with Gasteiger partial charge in [-0.25, -0.2) is 9.07 Å². The first-order chi connectivity index (χ1) is 8.74. The van der Waals surface area contributed by atoms with Crippen molar-refractivity contribution in [3.8, 4) is 0 Å². The van der Waals surface area contributed by atoms with E-state index in [4.69, 9.17) is 10.5 Å². The first-order valence-electron chi connectivity index (χ1n) is 6.14. The Labute approximate surface area is 104 Å². The maximum absolute atomic E-state index is 13.5. The molecule has 0 radical (unpaired) electrons. The third-order valence-corrected chi connectivity index (χ3v) is 3.28. The average Bonchev–Trinajstić information content (AvgIpc) is 2.74. The fourth-order valence-electron chi connectivity index (χ4n) is 2.28. The maximum atomic E-state index is 13.5. The zero-order chi connectivity index (χ0) is 12.5. The Kier molecular flexibility index (Phi) is 2.87. The Morgan fingerprint density at radius 2 is 2.33 bits per heavy atom.